The number of amides is 1. The van der Waals surface area contributed by atoms with E-state index in [2.05, 4.69) is 5.32 Å². The Morgan fingerprint density at radius 3 is 2.44 bits per heavy atom. The molecule has 2 N–H and O–H groups in total. The van der Waals surface area contributed by atoms with Crippen LogP contribution < -0.4 is 10.1 Å². The summed E-state index contributed by atoms with van der Waals surface area (Å²) < 4.78 is 10.9. The number of aliphatic carboxylic acids is 1. The summed E-state index contributed by atoms with van der Waals surface area (Å²) in [4.78, 5) is 33.8. The normalized spacial score (nSPS) is 11.8. The lowest BCUT2D eigenvalue weighted by Crippen LogP contribution is -2.44. The number of hydrogen-bond donors (Lipinski definition) is 2. The minimum absolute atomic E-state index is 0.0156. The second-order valence-electron chi connectivity index (χ2n) is 5.77. The fraction of sp³-hybridized carbons (Fsp3) is 0.278. The van der Waals surface area contributed by atoms with Gasteiger partial charge in [-0.25, -0.2) is 4.79 Å². The van der Waals surface area contributed by atoms with Crippen molar-refractivity contribution < 1.29 is 28.6 Å². The average molecular weight is 345 g/mol. The monoisotopic (exact) mass is 345 g/mol. The van der Waals surface area contributed by atoms with Crippen LogP contribution in [0.3, 0.4) is 0 Å². The van der Waals surface area contributed by atoms with Gasteiger partial charge >= 0.3 is 5.97 Å². The number of aldehydes is 1. The highest BCUT2D eigenvalue weighted by Gasteiger charge is 2.25. The van der Waals surface area contributed by atoms with E-state index < -0.39 is 17.9 Å². The van der Waals surface area contributed by atoms with E-state index in [1.54, 1.807) is 44.2 Å². The summed E-state index contributed by atoms with van der Waals surface area (Å²) in [5, 5.41) is 11.5. The zero-order valence-electron chi connectivity index (χ0n) is 13.9. The van der Waals surface area contributed by atoms with Crippen molar-refractivity contribution >= 4 is 18.2 Å². The first-order valence-corrected chi connectivity index (χ1v) is 7.71. The van der Waals surface area contributed by atoms with Gasteiger partial charge in [0.1, 0.15) is 30.4 Å². The molecule has 0 aliphatic rings. The summed E-state index contributed by atoms with van der Waals surface area (Å²) >= 11 is 0. The molecule has 0 saturated carbocycles. The van der Waals surface area contributed by atoms with E-state index in [0.29, 0.717) is 17.1 Å². The third-order valence-electron chi connectivity index (χ3n) is 3.50. The molecule has 1 amide bonds. The number of benzene rings is 1. The first-order chi connectivity index (χ1) is 11.9. The SMILES string of the molecule is CC(C)C(NC(=O)c1ccc(COc2ccc(C=O)cc2)o1)C(=O)O. The Morgan fingerprint density at radius 1 is 1.20 bits per heavy atom. The van der Waals surface area contributed by atoms with Crippen LogP contribution in [0.5, 0.6) is 5.75 Å². The number of carbonyl (C=O) groups excluding carboxylic acids is 2. The lowest BCUT2D eigenvalue weighted by Gasteiger charge is -2.16. The highest BCUT2D eigenvalue weighted by Crippen LogP contribution is 2.15. The zero-order chi connectivity index (χ0) is 18.4. The van der Waals surface area contributed by atoms with Crippen LogP contribution in [0.2, 0.25) is 0 Å². The molecule has 2 aromatic rings. The molecule has 0 radical (unpaired) electrons. The van der Waals surface area contributed by atoms with E-state index >= 15 is 0 Å². The van der Waals surface area contributed by atoms with Gasteiger partial charge in [0.2, 0.25) is 0 Å². The maximum atomic E-state index is 12.1. The molecule has 1 aromatic carbocycles. The van der Waals surface area contributed by atoms with Crippen LogP contribution in [0.4, 0.5) is 0 Å². The van der Waals surface area contributed by atoms with Crippen LogP contribution in [0, 0.1) is 5.92 Å². The molecule has 1 unspecified atom stereocenters. The minimum atomic E-state index is -1.10. The summed E-state index contributed by atoms with van der Waals surface area (Å²) in [5.74, 6) is -0.963. The van der Waals surface area contributed by atoms with Crippen LogP contribution in [0.15, 0.2) is 40.8 Å². The summed E-state index contributed by atoms with van der Waals surface area (Å²) in [6, 6.07) is 8.61. The highest BCUT2D eigenvalue weighted by atomic mass is 16.5. The lowest BCUT2D eigenvalue weighted by atomic mass is 10.0. The molecular formula is C18H19NO6. The molecular weight excluding hydrogens is 326 g/mol. The molecule has 7 heteroatoms. The standard InChI is InChI=1S/C18H19NO6/c1-11(2)16(18(22)23)19-17(21)15-8-7-14(25-15)10-24-13-5-3-12(9-20)4-6-13/h3-9,11,16H,10H2,1-2H3,(H,19,21)(H,22,23). The van der Waals surface area contributed by atoms with Crippen molar-refractivity contribution in [3.05, 3.63) is 53.5 Å². The van der Waals surface area contributed by atoms with E-state index in [4.69, 9.17) is 14.3 Å². The number of carbonyl (C=O) groups is 3. The number of rotatable bonds is 8. The molecule has 0 bridgehead atoms. The number of carboxylic acid groups (broad SMARTS) is 1. The smallest absolute Gasteiger partial charge is 0.326 e. The summed E-state index contributed by atoms with van der Waals surface area (Å²) in [6.07, 6.45) is 0.739. The summed E-state index contributed by atoms with van der Waals surface area (Å²) in [6.45, 7) is 3.51. The van der Waals surface area contributed by atoms with E-state index in [9.17, 15) is 14.4 Å². The van der Waals surface area contributed by atoms with Crippen LogP contribution in [-0.2, 0) is 11.4 Å². The fourth-order valence-electron chi connectivity index (χ4n) is 2.10. The molecule has 7 nitrogen and oxygen atoms in total. The van der Waals surface area contributed by atoms with Gasteiger partial charge in [-0.1, -0.05) is 13.8 Å². The Bertz CT molecular complexity index is 747. The van der Waals surface area contributed by atoms with Crippen molar-refractivity contribution in [1.82, 2.24) is 5.32 Å². The van der Waals surface area contributed by atoms with Gasteiger partial charge in [0.25, 0.3) is 5.91 Å². The van der Waals surface area contributed by atoms with Gasteiger partial charge < -0.3 is 19.6 Å². The van der Waals surface area contributed by atoms with Crippen LogP contribution in [0.25, 0.3) is 0 Å². The fourth-order valence-corrected chi connectivity index (χ4v) is 2.10. The Morgan fingerprint density at radius 2 is 1.88 bits per heavy atom. The third kappa shape index (κ3) is 4.94. The lowest BCUT2D eigenvalue weighted by molar-refractivity contribution is -0.140. The second kappa shape index (κ2) is 8.14. The first kappa shape index (κ1) is 18.3. The maximum Gasteiger partial charge on any atom is 0.326 e. The zero-order valence-corrected chi connectivity index (χ0v) is 13.9. The van der Waals surface area contributed by atoms with Gasteiger partial charge in [0.05, 0.1) is 0 Å². The van der Waals surface area contributed by atoms with Gasteiger partial charge in [0.15, 0.2) is 5.76 Å². The van der Waals surface area contributed by atoms with Crippen molar-refractivity contribution in [2.24, 2.45) is 5.92 Å². The molecule has 1 atom stereocenters. The molecule has 1 heterocycles. The molecule has 0 aliphatic heterocycles. The number of hydrogen-bond acceptors (Lipinski definition) is 5. The van der Waals surface area contributed by atoms with Crippen LogP contribution in [0.1, 0.15) is 40.5 Å². The number of nitrogens with one attached hydrogen (secondary N) is 1. The topological polar surface area (TPSA) is 106 Å². The number of furan rings is 1. The number of carboxylic acids is 1. The largest absolute Gasteiger partial charge is 0.486 e. The molecule has 1 aromatic heterocycles. The molecule has 0 aliphatic carbocycles. The molecule has 0 spiro atoms. The van der Waals surface area contributed by atoms with E-state index in [-0.39, 0.29) is 18.3 Å². The number of ether oxygens (including phenoxy) is 1. The minimum Gasteiger partial charge on any atom is -0.486 e. The second-order valence-corrected chi connectivity index (χ2v) is 5.77. The quantitative estimate of drug-likeness (QED) is 0.712. The maximum absolute atomic E-state index is 12.1. The predicted molar refractivity (Wildman–Crippen MR) is 88.6 cm³/mol. The van der Waals surface area contributed by atoms with E-state index in [0.717, 1.165) is 6.29 Å². The Balaban J connectivity index is 1.95. The van der Waals surface area contributed by atoms with Crippen LogP contribution >= 0.6 is 0 Å². The van der Waals surface area contributed by atoms with Crippen molar-refractivity contribution in [2.45, 2.75) is 26.5 Å². The van der Waals surface area contributed by atoms with Crippen molar-refractivity contribution in [3.8, 4) is 5.75 Å². The van der Waals surface area contributed by atoms with Gasteiger partial charge in [-0.15, -0.1) is 0 Å². The Labute approximate surface area is 144 Å². The van der Waals surface area contributed by atoms with Crippen molar-refractivity contribution in [3.63, 3.8) is 0 Å². The average Bonchev–Trinajstić information content (AvgIpc) is 3.06. The van der Waals surface area contributed by atoms with E-state index in [1.807, 2.05) is 0 Å². The first-order valence-electron chi connectivity index (χ1n) is 7.71. The van der Waals surface area contributed by atoms with Gasteiger partial charge in [-0.2, -0.15) is 0 Å². The molecule has 25 heavy (non-hydrogen) atoms. The van der Waals surface area contributed by atoms with E-state index in [1.165, 1.54) is 6.07 Å². The Kier molecular flexibility index (Phi) is 5.94. The Hall–Kier alpha value is -3.09. The summed E-state index contributed by atoms with van der Waals surface area (Å²) in [7, 11) is 0. The molecule has 0 saturated heterocycles. The predicted octanol–water partition coefficient (Wildman–Crippen LogP) is 2.51. The highest BCUT2D eigenvalue weighted by molar-refractivity contribution is 5.94. The van der Waals surface area contributed by atoms with Gasteiger partial charge in [0, 0.05) is 5.56 Å². The molecule has 0 fully saturated rings. The van der Waals surface area contributed by atoms with Gasteiger partial charge in [-0.3, -0.25) is 9.59 Å². The summed E-state index contributed by atoms with van der Waals surface area (Å²) in [5.41, 5.74) is 0.544. The van der Waals surface area contributed by atoms with Crippen molar-refractivity contribution in [2.75, 3.05) is 0 Å². The third-order valence-corrected chi connectivity index (χ3v) is 3.50. The van der Waals surface area contributed by atoms with Gasteiger partial charge in [-0.05, 0) is 42.3 Å². The van der Waals surface area contributed by atoms with Crippen molar-refractivity contribution in [1.29, 1.82) is 0 Å². The van der Waals surface area contributed by atoms with Crippen LogP contribution in [-0.4, -0.2) is 29.3 Å². The molecule has 2 rings (SSSR count). The molecule has 132 valence electrons.